The van der Waals surface area contributed by atoms with E-state index in [1.54, 1.807) is 12.1 Å². The minimum absolute atomic E-state index is 0.322. The predicted molar refractivity (Wildman–Crippen MR) is 96.7 cm³/mol. The first-order valence-corrected chi connectivity index (χ1v) is 10.0. The molecule has 1 aliphatic rings. The third kappa shape index (κ3) is 3.42. The Morgan fingerprint density at radius 3 is 2.33 bits per heavy atom. The van der Waals surface area contributed by atoms with E-state index in [1.165, 1.54) is 24.2 Å². The van der Waals surface area contributed by atoms with Gasteiger partial charge in [0.05, 0.1) is 4.90 Å². The maximum Gasteiger partial charge on any atom is 0.240 e. The van der Waals surface area contributed by atoms with E-state index in [-0.39, 0.29) is 0 Å². The summed E-state index contributed by atoms with van der Waals surface area (Å²) in [5, 5.41) is 0. The number of sulfonamides is 1. The Balaban J connectivity index is 1.74. The molecule has 130 valence electrons. The molecule has 0 unspecified atom stereocenters. The molecule has 1 heterocycles. The Bertz CT molecular complexity index is 829. The average molecular weight is 346 g/mol. The first-order chi connectivity index (χ1) is 11.3. The normalized spacial score (nSPS) is 15.2. The quantitative estimate of drug-likeness (QED) is 0.858. The van der Waals surface area contributed by atoms with Crippen molar-refractivity contribution in [1.82, 2.24) is 9.29 Å². The van der Waals surface area contributed by atoms with Crippen molar-refractivity contribution < 1.29 is 8.42 Å². The fourth-order valence-corrected chi connectivity index (χ4v) is 4.21. The Kier molecular flexibility index (Phi) is 4.58. The van der Waals surface area contributed by atoms with Gasteiger partial charge in [0, 0.05) is 24.0 Å². The standard InChI is InChI=1S/C19H26N2O2S/c1-13(2)16-5-9-19(10-6-16)24(22,23)20-12-17-11-14(3)21(15(17)4)18-7-8-18/h5-6,9-11,13,18,20H,7-8,12H2,1-4H3. The van der Waals surface area contributed by atoms with Gasteiger partial charge in [-0.15, -0.1) is 0 Å². The monoisotopic (exact) mass is 346 g/mol. The van der Waals surface area contributed by atoms with E-state index in [4.69, 9.17) is 0 Å². The van der Waals surface area contributed by atoms with Gasteiger partial charge in [0.15, 0.2) is 0 Å². The van der Waals surface area contributed by atoms with Crippen molar-refractivity contribution >= 4 is 10.0 Å². The Morgan fingerprint density at radius 1 is 1.17 bits per heavy atom. The van der Waals surface area contributed by atoms with Crippen molar-refractivity contribution in [3.63, 3.8) is 0 Å². The van der Waals surface area contributed by atoms with Crippen LogP contribution in [0.1, 0.15) is 61.2 Å². The van der Waals surface area contributed by atoms with Crippen molar-refractivity contribution in [1.29, 1.82) is 0 Å². The van der Waals surface area contributed by atoms with Crippen LogP contribution in [0.15, 0.2) is 35.2 Å². The summed E-state index contributed by atoms with van der Waals surface area (Å²) in [5.41, 5.74) is 4.59. The smallest absolute Gasteiger partial charge is 0.240 e. The SMILES string of the molecule is Cc1cc(CNS(=O)(=O)c2ccc(C(C)C)cc2)c(C)n1C1CC1. The topological polar surface area (TPSA) is 51.1 Å². The Labute approximate surface area is 144 Å². The molecule has 1 aromatic heterocycles. The van der Waals surface area contributed by atoms with Crippen LogP contribution < -0.4 is 4.72 Å². The van der Waals surface area contributed by atoms with Gasteiger partial charge < -0.3 is 4.57 Å². The lowest BCUT2D eigenvalue weighted by Gasteiger charge is -2.10. The lowest BCUT2D eigenvalue weighted by Crippen LogP contribution is -2.23. The molecule has 0 radical (unpaired) electrons. The molecule has 1 N–H and O–H groups in total. The van der Waals surface area contributed by atoms with E-state index in [2.05, 4.69) is 43.1 Å². The highest BCUT2D eigenvalue weighted by atomic mass is 32.2. The van der Waals surface area contributed by atoms with E-state index in [1.807, 2.05) is 12.1 Å². The molecule has 2 aromatic rings. The van der Waals surface area contributed by atoms with Gasteiger partial charge in [-0.3, -0.25) is 0 Å². The summed E-state index contributed by atoms with van der Waals surface area (Å²) in [6.45, 7) is 8.69. The maximum atomic E-state index is 12.5. The number of nitrogens with one attached hydrogen (secondary N) is 1. The molecule has 0 saturated heterocycles. The van der Waals surface area contributed by atoms with Crippen LogP contribution in [0.2, 0.25) is 0 Å². The van der Waals surface area contributed by atoms with Crippen molar-refractivity contribution in [2.75, 3.05) is 0 Å². The number of nitrogens with zero attached hydrogens (tertiary/aromatic N) is 1. The summed E-state index contributed by atoms with van der Waals surface area (Å²) in [7, 11) is -3.49. The van der Waals surface area contributed by atoms with Crippen LogP contribution in [-0.2, 0) is 16.6 Å². The largest absolute Gasteiger partial charge is 0.346 e. The minimum Gasteiger partial charge on any atom is -0.346 e. The summed E-state index contributed by atoms with van der Waals surface area (Å²) >= 11 is 0. The number of aryl methyl sites for hydroxylation is 1. The van der Waals surface area contributed by atoms with E-state index < -0.39 is 10.0 Å². The van der Waals surface area contributed by atoms with Crippen molar-refractivity contribution in [3.8, 4) is 0 Å². The molecule has 1 aromatic carbocycles. The summed E-state index contributed by atoms with van der Waals surface area (Å²) in [6.07, 6.45) is 2.45. The van der Waals surface area contributed by atoms with E-state index in [9.17, 15) is 8.42 Å². The molecule has 0 amide bonds. The zero-order chi connectivity index (χ0) is 17.5. The molecule has 1 saturated carbocycles. The molecule has 0 spiro atoms. The van der Waals surface area contributed by atoms with Gasteiger partial charge in [-0.1, -0.05) is 26.0 Å². The Hall–Kier alpha value is -1.59. The van der Waals surface area contributed by atoms with Gasteiger partial charge in [-0.2, -0.15) is 0 Å². The van der Waals surface area contributed by atoms with Crippen LogP contribution in [0, 0.1) is 13.8 Å². The molecule has 3 rings (SSSR count). The second-order valence-electron chi connectivity index (χ2n) is 7.05. The van der Waals surface area contributed by atoms with E-state index in [0.29, 0.717) is 23.4 Å². The van der Waals surface area contributed by atoms with Crippen molar-refractivity contribution in [2.24, 2.45) is 0 Å². The van der Waals surface area contributed by atoms with Crippen LogP contribution in [0.25, 0.3) is 0 Å². The zero-order valence-corrected chi connectivity index (χ0v) is 15.7. The van der Waals surface area contributed by atoms with Crippen LogP contribution in [-0.4, -0.2) is 13.0 Å². The highest BCUT2D eigenvalue weighted by Crippen LogP contribution is 2.38. The summed E-state index contributed by atoms with van der Waals surface area (Å²) < 4.78 is 30.1. The van der Waals surface area contributed by atoms with Crippen molar-refractivity contribution in [3.05, 3.63) is 52.8 Å². The second-order valence-corrected chi connectivity index (χ2v) is 8.81. The van der Waals surface area contributed by atoms with Gasteiger partial charge >= 0.3 is 0 Å². The first kappa shape index (κ1) is 17.2. The van der Waals surface area contributed by atoms with E-state index in [0.717, 1.165) is 11.1 Å². The highest BCUT2D eigenvalue weighted by molar-refractivity contribution is 7.89. The summed E-state index contributed by atoms with van der Waals surface area (Å²) in [5.74, 6) is 0.391. The maximum absolute atomic E-state index is 12.5. The Morgan fingerprint density at radius 2 is 1.79 bits per heavy atom. The molecular weight excluding hydrogens is 320 g/mol. The number of rotatable bonds is 6. The number of aromatic nitrogens is 1. The number of hydrogen-bond donors (Lipinski definition) is 1. The van der Waals surface area contributed by atoms with Gasteiger partial charge in [0.25, 0.3) is 0 Å². The average Bonchev–Trinajstić information content (AvgIpc) is 3.32. The third-order valence-electron chi connectivity index (χ3n) is 4.81. The zero-order valence-electron chi connectivity index (χ0n) is 14.8. The molecule has 1 aliphatic carbocycles. The fourth-order valence-electron chi connectivity index (χ4n) is 3.21. The molecule has 0 bridgehead atoms. The molecule has 5 heteroatoms. The fraction of sp³-hybridized carbons (Fsp3) is 0.474. The van der Waals surface area contributed by atoms with Gasteiger partial charge in [0.2, 0.25) is 10.0 Å². The van der Waals surface area contributed by atoms with Crippen LogP contribution in [0.3, 0.4) is 0 Å². The molecular formula is C19H26N2O2S. The van der Waals surface area contributed by atoms with Crippen LogP contribution in [0.4, 0.5) is 0 Å². The number of hydrogen-bond acceptors (Lipinski definition) is 2. The second kappa shape index (κ2) is 6.37. The predicted octanol–water partition coefficient (Wildman–Crippen LogP) is 4.04. The van der Waals surface area contributed by atoms with Gasteiger partial charge in [-0.05, 0) is 61.9 Å². The minimum atomic E-state index is -3.49. The van der Waals surface area contributed by atoms with E-state index >= 15 is 0 Å². The lowest BCUT2D eigenvalue weighted by molar-refractivity contribution is 0.581. The van der Waals surface area contributed by atoms with Gasteiger partial charge in [0.1, 0.15) is 0 Å². The first-order valence-electron chi connectivity index (χ1n) is 8.56. The molecule has 1 fully saturated rings. The molecule has 24 heavy (non-hydrogen) atoms. The molecule has 0 aliphatic heterocycles. The third-order valence-corrected chi connectivity index (χ3v) is 6.23. The lowest BCUT2D eigenvalue weighted by atomic mass is 10.0. The summed E-state index contributed by atoms with van der Waals surface area (Å²) in [6, 6.07) is 9.85. The summed E-state index contributed by atoms with van der Waals surface area (Å²) in [4.78, 5) is 0.322. The van der Waals surface area contributed by atoms with Crippen LogP contribution >= 0.6 is 0 Å². The molecule has 4 nitrogen and oxygen atoms in total. The van der Waals surface area contributed by atoms with Crippen molar-refractivity contribution in [2.45, 2.75) is 63.9 Å². The van der Waals surface area contributed by atoms with Gasteiger partial charge in [-0.25, -0.2) is 13.1 Å². The molecule has 0 atom stereocenters. The van der Waals surface area contributed by atoms with Crippen LogP contribution in [0.5, 0.6) is 0 Å². The highest BCUT2D eigenvalue weighted by Gasteiger charge is 2.27. The number of benzene rings is 1.